The normalized spacial score (nSPS) is 19.7. The number of hydrogen-bond acceptors (Lipinski definition) is 3. The van der Waals surface area contributed by atoms with E-state index in [2.05, 4.69) is 31.5 Å². The number of aromatic nitrogens is 1. The van der Waals surface area contributed by atoms with E-state index in [1.807, 2.05) is 0 Å². The van der Waals surface area contributed by atoms with Crippen LogP contribution in [-0.2, 0) is 0 Å². The van der Waals surface area contributed by atoms with Gasteiger partial charge in [0, 0.05) is 23.4 Å². The summed E-state index contributed by atoms with van der Waals surface area (Å²) in [6.07, 6.45) is 4.38. The van der Waals surface area contributed by atoms with Gasteiger partial charge in [-0.3, -0.25) is 9.78 Å². The first-order valence-electron chi connectivity index (χ1n) is 5.35. The van der Waals surface area contributed by atoms with E-state index in [0.717, 1.165) is 30.5 Å². The highest BCUT2D eigenvalue weighted by molar-refractivity contribution is 9.10. The minimum atomic E-state index is -0.0549. The largest absolute Gasteiger partial charge is 0.352 e. The Labute approximate surface area is 103 Å². The van der Waals surface area contributed by atoms with Gasteiger partial charge in [0.1, 0.15) is 0 Å². The van der Waals surface area contributed by atoms with Gasteiger partial charge in [0.2, 0.25) is 0 Å². The van der Waals surface area contributed by atoms with Crippen molar-refractivity contribution >= 4 is 21.8 Å². The molecule has 5 heteroatoms. The topological polar surface area (TPSA) is 54.0 Å². The van der Waals surface area contributed by atoms with Crippen molar-refractivity contribution in [2.24, 2.45) is 5.92 Å². The SMILES string of the molecule is O=C(NCC1CCNC1)c1cncc(Br)c1. The van der Waals surface area contributed by atoms with Crippen LogP contribution in [0.25, 0.3) is 0 Å². The highest BCUT2D eigenvalue weighted by Gasteiger charge is 2.15. The van der Waals surface area contributed by atoms with Gasteiger partial charge in [-0.15, -0.1) is 0 Å². The van der Waals surface area contributed by atoms with Crippen molar-refractivity contribution in [1.29, 1.82) is 0 Å². The van der Waals surface area contributed by atoms with Crippen LogP contribution in [-0.4, -0.2) is 30.5 Å². The number of hydrogen-bond donors (Lipinski definition) is 2. The molecule has 0 spiro atoms. The summed E-state index contributed by atoms with van der Waals surface area (Å²) in [5.74, 6) is 0.504. The predicted molar refractivity (Wildman–Crippen MR) is 65.2 cm³/mol. The average molecular weight is 284 g/mol. The Bertz CT molecular complexity index is 377. The van der Waals surface area contributed by atoms with Crippen molar-refractivity contribution in [3.63, 3.8) is 0 Å². The molecule has 1 saturated heterocycles. The number of halogens is 1. The Morgan fingerprint density at radius 1 is 1.62 bits per heavy atom. The quantitative estimate of drug-likeness (QED) is 0.876. The third kappa shape index (κ3) is 3.02. The molecule has 16 heavy (non-hydrogen) atoms. The lowest BCUT2D eigenvalue weighted by atomic mass is 10.1. The number of rotatable bonds is 3. The van der Waals surface area contributed by atoms with Crippen LogP contribution < -0.4 is 10.6 Å². The van der Waals surface area contributed by atoms with E-state index in [9.17, 15) is 4.79 Å². The molecule has 1 fully saturated rings. The third-order valence-electron chi connectivity index (χ3n) is 2.68. The number of carbonyl (C=O) groups is 1. The van der Waals surface area contributed by atoms with Gasteiger partial charge in [0.15, 0.2) is 0 Å². The van der Waals surface area contributed by atoms with Crippen LogP contribution in [0.15, 0.2) is 22.9 Å². The minimum absolute atomic E-state index is 0.0549. The molecule has 1 atom stereocenters. The van der Waals surface area contributed by atoms with Gasteiger partial charge < -0.3 is 10.6 Å². The van der Waals surface area contributed by atoms with Crippen LogP contribution in [0.5, 0.6) is 0 Å². The lowest BCUT2D eigenvalue weighted by Crippen LogP contribution is -2.30. The zero-order valence-corrected chi connectivity index (χ0v) is 10.5. The summed E-state index contributed by atoms with van der Waals surface area (Å²) < 4.78 is 0.822. The lowest BCUT2D eigenvalue weighted by molar-refractivity contribution is 0.0948. The van der Waals surface area contributed by atoms with Crippen LogP contribution in [0.3, 0.4) is 0 Å². The maximum atomic E-state index is 11.8. The smallest absolute Gasteiger partial charge is 0.252 e. The molecule has 1 amide bonds. The van der Waals surface area contributed by atoms with E-state index in [1.54, 1.807) is 18.5 Å². The van der Waals surface area contributed by atoms with Gasteiger partial charge >= 0.3 is 0 Å². The monoisotopic (exact) mass is 283 g/mol. The fourth-order valence-electron chi connectivity index (χ4n) is 1.76. The second-order valence-electron chi connectivity index (χ2n) is 3.96. The van der Waals surface area contributed by atoms with E-state index in [-0.39, 0.29) is 5.91 Å². The van der Waals surface area contributed by atoms with E-state index in [0.29, 0.717) is 11.5 Å². The van der Waals surface area contributed by atoms with Gasteiger partial charge in [0.25, 0.3) is 5.91 Å². The van der Waals surface area contributed by atoms with E-state index < -0.39 is 0 Å². The van der Waals surface area contributed by atoms with Gasteiger partial charge in [-0.2, -0.15) is 0 Å². The molecule has 0 bridgehead atoms. The van der Waals surface area contributed by atoms with Crippen LogP contribution in [0.2, 0.25) is 0 Å². The molecule has 86 valence electrons. The van der Waals surface area contributed by atoms with Crippen molar-refractivity contribution in [3.05, 3.63) is 28.5 Å². The summed E-state index contributed by atoms with van der Waals surface area (Å²) >= 11 is 3.30. The fraction of sp³-hybridized carbons (Fsp3) is 0.455. The van der Waals surface area contributed by atoms with Crippen molar-refractivity contribution in [1.82, 2.24) is 15.6 Å². The van der Waals surface area contributed by atoms with Crippen LogP contribution >= 0.6 is 15.9 Å². The van der Waals surface area contributed by atoms with Gasteiger partial charge in [0.05, 0.1) is 5.56 Å². The summed E-state index contributed by atoms with van der Waals surface area (Å²) in [7, 11) is 0. The Morgan fingerprint density at radius 3 is 3.19 bits per heavy atom. The molecule has 4 nitrogen and oxygen atoms in total. The second-order valence-corrected chi connectivity index (χ2v) is 4.88. The Kier molecular flexibility index (Phi) is 3.90. The third-order valence-corrected chi connectivity index (χ3v) is 3.11. The first kappa shape index (κ1) is 11.5. The molecule has 2 rings (SSSR count). The molecule has 0 radical (unpaired) electrons. The number of carbonyl (C=O) groups excluding carboxylic acids is 1. The molecule has 1 aliphatic rings. The van der Waals surface area contributed by atoms with Crippen molar-refractivity contribution in [3.8, 4) is 0 Å². The Balaban J connectivity index is 1.87. The van der Waals surface area contributed by atoms with Crippen LogP contribution in [0.1, 0.15) is 16.8 Å². The summed E-state index contributed by atoms with van der Waals surface area (Å²) in [5, 5.41) is 6.20. The number of pyridine rings is 1. The highest BCUT2D eigenvalue weighted by atomic mass is 79.9. The molecular formula is C11H14BrN3O. The molecule has 2 heterocycles. The maximum Gasteiger partial charge on any atom is 0.252 e. The van der Waals surface area contributed by atoms with Crippen molar-refractivity contribution in [2.75, 3.05) is 19.6 Å². The van der Waals surface area contributed by atoms with Gasteiger partial charge in [-0.25, -0.2) is 0 Å². The molecule has 0 aliphatic carbocycles. The minimum Gasteiger partial charge on any atom is -0.352 e. The average Bonchev–Trinajstić information content (AvgIpc) is 2.78. The molecule has 0 saturated carbocycles. The molecule has 1 aromatic heterocycles. The molecule has 1 aliphatic heterocycles. The summed E-state index contributed by atoms with van der Waals surface area (Å²) in [6.45, 7) is 2.79. The number of nitrogens with zero attached hydrogens (tertiary/aromatic N) is 1. The van der Waals surface area contributed by atoms with Crippen LogP contribution in [0, 0.1) is 5.92 Å². The summed E-state index contributed by atoms with van der Waals surface area (Å²) in [5.41, 5.74) is 0.598. The lowest BCUT2D eigenvalue weighted by Gasteiger charge is -2.09. The first-order chi connectivity index (χ1) is 7.75. The van der Waals surface area contributed by atoms with E-state index in [4.69, 9.17) is 0 Å². The summed E-state index contributed by atoms with van der Waals surface area (Å²) in [4.78, 5) is 15.7. The maximum absolute atomic E-state index is 11.8. The molecule has 2 N–H and O–H groups in total. The number of amides is 1. The standard InChI is InChI=1S/C11H14BrN3O/c12-10-3-9(6-14-7-10)11(16)15-5-8-1-2-13-4-8/h3,6-8,13H,1-2,4-5H2,(H,15,16). The zero-order valence-electron chi connectivity index (χ0n) is 8.87. The van der Waals surface area contributed by atoms with E-state index >= 15 is 0 Å². The highest BCUT2D eigenvalue weighted by Crippen LogP contribution is 2.10. The number of nitrogens with one attached hydrogen (secondary N) is 2. The molecule has 1 unspecified atom stereocenters. The first-order valence-corrected chi connectivity index (χ1v) is 6.14. The molecule has 0 aromatic carbocycles. The summed E-state index contributed by atoms with van der Waals surface area (Å²) in [6, 6.07) is 1.77. The van der Waals surface area contributed by atoms with Crippen molar-refractivity contribution in [2.45, 2.75) is 6.42 Å². The Morgan fingerprint density at radius 2 is 2.50 bits per heavy atom. The molecular weight excluding hydrogens is 270 g/mol. The van der Waals surface area contributed by atoms with Gasteiger partial charge in [-0.05, 0) is 47.4 Å². The predicted octanol–water partition coefficient (Wildman–Crippen LogP) is 1.18. The van der Waals surface area contributed by atoms with Crippen LogP contribution in [0.4, 0.5) is 0 Å². The van der Waals surface area contributed by atoms with Gasteiger partial charge in [-0.1, -0.05) is 0 Å². The fourth-order valence-corrected chi connectivity index (χ4v) is 2.13. The van der Waals surface area contributed by atoms with E-state index in [1.165, 1.54) is 0 Å². The zero-order chi connectivity index (χ0) is 11.4. The Hall–Kier alpha value is -0.940. The molecule has 1 aromatic rings. The second kappa shape index (κ2) is 5.41. The van der Waals surface area contributed by atoms with Crippen molar-refractivity contribution < 1.29 is 4.79 Å².